The van der Waals surface area contributed by atoms with Gasteiger partial charge in [-0.3, -0.25) is 24.8 Å². The number of alkyl carbamates (subject to hydrolysis) is 2. The number of benzene rings is 2. The van der Waals surface area contributed by atoms with Gasteiger partial charge in [0.1, 0.15) is 24.2 Å². The normalized spacial score (nSPS) is 14.4. The van der Waals surface area contributed by atoms with Crippen molar-refractivity contribution in [3.63, 3.8) is 0 Å². The van der Waals surface area contributed by atoms with E-state index in [1.165, 1.54) is 19.2 Å². The zero-order chi connectivity index (χ0) is 49.4. The Morgan fingerprint density at radius 3 is 1.73 bits per heavy atom. The monoisotopic (exact) mass is 920 g/mol. The van der Waals surface area contributed by atoms with Crippen LogP contribution in [0.25, 0.3) is 11.3 Å². The Morgan fingerprint density at radius 2 is 1.23 bits per heavy atom. The van der Waals surface area contributed by atoms with Gasteiger partial charge in [-0.15, -0.1) is 0 Å². The molecule has 0 aliphatic carbocycles. The number of aromatic nitrogens is 1. The topological polar surface area (TPSA) is 239 Å². The van der Waals surface area contributed by atoms with Gasteiger partial charge in [-0.1, -0.05) is 130 Å². The van der Waals surface area contributed by atoms with Crippen LogP contribution in [0.1, 0.15) is 80.4 Å². The van der Waals surface area contributed by atoms with E-state index in [4.69, 9.17) is 29.4 Å². The van der Waals surface area contributed by atoms with Crippen LogP contribution >= 0.6 is 0 Å². The molecule has 18 nitrogen and oxygen atoms in total. The molecule has 4 amide bonds. The highest BCUT2D eigenvalue weighted by atomic mass is 16.8. The Morgan fingerprint density at radius 1 is 0.667 bits per heavy atom. The summed E-state index contributed by atoms with van der Waals surface area (Å²) in [5.41, 5.74) is 10.3. The standard InChI is InChI=1S/C48H69N7O11/c1-29(2)37(49)42(58)65-43(30(3)4)66-46(61)64-36(35(26-31-18-14-13-15-19-31)51-40(56)38(47(5,6)7)52-44(59)62-11)28-55(54-41(57)39(48(8,9)10)53-45(60)63-12)27-32-21-23-33(24-22-32)34-20-16-17-25-50-34/h13-25,29-30,35-39,43H,26-28,49H2,1-12H3,(H,51,56)(H,52,59)(H,53,60)(H,54,57)/t35-,36-,37+,38+,39+,43?/m0/s1. The maximum absolute atomic E-state index is 14.4. The first-order chi connectivity index (χ1) is 30.9. The van der Waals surface area contributed by atoms with Crippen molar-refractivity contribution in [3.05, 3.63) is 90.1 Å². The number of carbonyl (C=O) groups is 6. The lowest BCUT2D eigenvalue weighted by atomic mass is 9.85. The van der Waals surface area contributed by atoms with Crippen LogP contribution in [-0.2, 0) is 51.0 Å². The second-order valence-corrected chi connectivity index (χ2v) is 18.8. The Balaban J connectivity index is 2.21. The summed E-state index contributed by atoms with van der Waals surface area (Å²) in [5, 5.41) is 9.73. The summed E-state index contributed by atoms with van der Waals surface area (Å²) in [5.74, 6) is -2.87. The highest BCUT2D eigenvalue weighted by Crippen LogP contribution is 2.24. The summed E-state index contributed by atoms with van der Waals surface area (Å²) in [6.45, 7) is 17.1. The minimum Gasteiger partial charge on any atom is -0.453 e. The van der Waals surface area contributed by atoms with Crippen molar-refractivity contribution in [2.75, 3.05) is 20.8 Å². The Bertz CT molecular complexity index is 2040. The number of rotatable bonds is 20. The number of methoxy groups -OCH3 is 2. The van der Waals surface area contributed by atoms with E-state index >= 15 is 0 Å². The van der Waals surface area contributed by atoms with Gasteiger partial charge in [0.05, 0.1) is 32.5 Å². The van der Waals surface area contributed by atoms with Gasteiger partial charge < -0.3 is 45.4 Å². The van der Waals surface area contributed by atoms with Crippen LogP contribution in [0.5, 0.6) is 0 Å². The Kier molecular flexibility index (Phi) is 20.4. The molecule has 2 aromatic carbocycles. The third kappa shape index (κ3) is 17.3. The third-order valence-electron chi connectivity index (χ3n) is 10.4. The smallest absolute Gasteiger partial charge is 0.453 e. The first-order valence-corrected chi connectivity index (χ1v) is 21.9. The van der Waals surface area contributed by atoms with Gasteiger partial charge in [-0.2, -0.15) is 0 Å². The number of amides is 4. The Labute approximate surface area is 388 Å². The molecule has 3 rings (SSSR count). The van der Waals surface area contributed by atoms with Crippen LogP contribution in [-0.4, -0.2) is 103 Å². The van der Waals surface area contributed by atoms with Crippen molar-refractivity contribution < 1.29 is 52.5 Å². The number of hydrogen-bond donors (Lipinski definition) is 5. The number of hydrazine groups is 1. The average Bonchev–Trinajstić information content (AvgIpc) is 3.25. The van der Waals surface area contributed by atoms with E-state index in [1.807, 2.05) is 60.7 Å². The summed E-state index contributed by atoms with van der Waals surface area (Å²) >= 11 is 0. The maximum Gasteiger partial charge on any atom is 0.511 e. The number of esters is 1. The lowest BCUT2D eigenvalue weighted by Gasteiger charge is -2.37. The van der Waals surface area contributed by atoms with E-state index in [1.54, 1.807) is 87.6 Å². The largest absolute Gasteiger partial charge is 0.511 e. The molecule has 0 saturated heterocycles. The predicted molar refractivity (Wildman–Crippen MR) is 247 cm³/mol. The zero-order valence-corrected chi connectivity index (χ0v) is 40.2. The first kappa shape index (κ1) is 54.1. The highest BCUT2D eigenvalue weighted by molar-refractivity contribution is 5.87. The highest BCUT2D eigenvalue weighted by Gasteiger charge is 2.40. The number of nitrogens with two attached hydrogens (primary N) is 1. The summed E-state index contributed by atoms with van der Waals surface area (Å²) in [6.07, 6.45) is -3.95. The zero-order valence-electron chi connectivity index (χ0n) is 40.2. The molecule has 0 bridgehead atoms. The van der Waals surface area contributed by atoms with Crippen molar-refractivity contribution in [1.29, 1.82) is 0 Å². The fourth-order valence-electron chi connectivity index (χ4n) is 6.49. The molecule has 18 heteroatoms. The van der Waals surface area contributed by atoms with Crippen LogP contribution in [0.4, 0.5) is 14.4 Å². The number of ether oxygens (including phenoxy) is 5. The Hall–Kier alpha value is -6.27. The molecule has 6 N–H and O–H groups in total. The summed E-state index contributed by atoms with van der Waals surface area (Å²) in [7, 11) is 2.36. The molecule has 1 unspecified atom stereocenters. The van der Waals surface area contributed by atoms with Crippen molar-refractivity contribution in [3.8, 4) is 11.3 Å². The third-order valence-corrected chi connectivity index (χ3v) is 10.4. The number of nitrogens with one attached hydrogen (secondary N) is 4. The lowest BCUT2D eigenvalue weighted by Crippen LogP contribution is -2.61. The van der Waals surface area contributed by atoms with Gasteiger partial charge in [-0.25, -0.2) is 19.4 Å². The van der Waals surface area contributed by atoms with Crippen LogP contribution < -0.4 is 27.1 Å². The molecule has 3 aromatic rings. The summed E-state index contributed by atoms with van der Waals surface area (Å²) in [6, 6.07) is 17.7. The number of pyridine rings is 1. The quantitative estimate of drug-likeness (QED) is 0.0385. The molecule has 362 valence electrons. The van der Waals surface area contributed by atoms with Crippen molar-refractivity contribution in [1.82, 2.24) is 31.4 Å². The van der Waals surface area contributed by atoms with Gasteiger partial charge in [0.15, 0.2) is 0 Å². The van der Waals surface area contributed by atoms with Gasteiger partial charge in [0, 0.05) is 24.2 Å². The number of hydrogen-bond acceptors (Lipinski definition) is 14. The molecule has 0 radical (unpaired) electrons. The van der Waals surface area contributed by atoms with E-state index in [0.717, 1.165) is 16.8 Å². The first-order valence-electron chi connectivity index (χ1n) is 21.9. The fourth-order valence-corrected chi connectivity index (χ4v) is 6.49. The number of nitrogens with zero attached hydrogens (tertiary/aromatic N) is 2. The SMILES string of the molecule is COC(=O)N[C@H](C(=O)N[C@@H](Cc1ccccc1)[C@H](CN(Cc1ccc(-c2ccccn2)cc1)NC(=O)[C@@H](NC(=O)OC)C(C)(C)C)OC(=O)OC(OC(=O)[C@H](N)C(C)C)C(C)C)C(C)(C)C. The molecule has 0 saturated carbocycles. The molecule has 0 aliphatic heterocycles. The average molecular weight is 920 g/mol. The van der Waals surface area contributed by atoms with E-state index in [9.17, 15) is 28.8 Å². The van der Waals surface area contributed by atoms with E-state index in [0.29, 0.717) is 5.56 Å². The second kappa shape index (κ2) is 24.9. The predicted octanol–water partition coefficient (Wildman–Crippen LogP) is 5.88. The molecule has 6 atom stereocenters. The summed E-state index contributed by atoms with van der Waals surface area (Å²) in [4.78, 5) is 85.3. The maximum atomic E-state index is 14.4. The molecule has 1 heterocycles. The van der Waals surface area contributed by atoms with E-state index in [-0.39, 0.29) is 25.4 Å². The molecule has 66 heavy (non-hydrogen) atoms. The van der Waals surface area contributed by atoms with E-state index in [2.05, 4.69) is 26.4 Å². The second-order valence-electron chi connectivity index (χ2n) is 18.8. The van der Waals surface area contributed by atoms with Crippen LogP contribution in [0.15, 0.2) is 79.0 Å². The van der Waals surface area contributed by atoms with E-state index < -0.39 is 89.4 Å². The summed E-state index contributed by atoms with van der Waals surface area (Å²) < 4.78 is 27.1. The van der Waals surface area contributed by atoms with Crippen LogP contribution in [0, 0.1) is 22.7 Å². The van der Waals surface area contributed by atoms with Gasteiger partial charge >= 0.3 is 24.3 Å². The van der Waals surface area contributed by atoms with Crippen molar-refractivity contribution >= 4 is 36.1 Å². The number of carbonyl (C=O) groups excluding carboxylic acids is 6. The molecular formula is C48H69N7O11. The fraction of sp³-hybridized carbons (Fsp3) is 0.521. The molecule has 0 aliphatic rings. The van der Waals surface area contributed by atoms with Gasteiger partial charge in [-0.05, 0) is 46.4 Å². The van der Waals surface area contributed by atoms with Crippen molar-refractivity contribution in [2.24, 2.45) is 28.4 Å². The minimum absolute atomic E-state index is 0.0120. The van der Waals surface area contributed by atoms with Gasteiger partial charge in [0.2, 0.25) is 5.91 Å². The molecular weight excluding hydrogens is 851 g/mol. The van der Waals surface area contributed by atoms with Crippen molar-refractivity contribution in [2.45, 2.75) is 119 Å². The molecule has 0 fully saturated rings. The van der Waals surface area contributed by atoms with Crippen LogP contribution in [0.2, 0.25) is 0 Å². The molecule has 0 spiro atoms. The minimum atomic E-state index is -1.42. The van der Waals surface area contributed by atoms with Crippen LogP contribution in [0.3, 0.4) is 0 Å². The van der Waals surface area contributed by atoms with Gasteiger partial charge in [0.25, 0.3) is 12.2 Å². The lowest BCUT2D eigenvalue weighted by molar-refractivity contribution is -0.183. The molecule has 1 aromatic heterocycles.